The fraction of sp³-hybridized carbons (Fsp3) is 0.375. The summed E-state index contributed by atoms with van der Waals surface area (Å²) in [7, 11) is 3.94. The molecule has 6 heteroatoms. The summed E-state index contributed by atoms with van der Waals surface area (Å²) < 4.78 is 5.47. The number of aromatic nitrogens is 1. The molecule has 22 heavy (non-hydrogen) atoms. The SMILES string of the molecule is Cc1cc(C(N)=O)c(NCC(c2ccco2)N(C)C)nc1C. The lowest BCUT2D eigenvalue weighted by atomic mass is 10.1. The number of primary amides is 1. The largest absolute Gasteiger partial charge is 0.468 e. The Hall–Kier alpha value is -2.34. The van der Waals surface area contributed by atoms with Crippen LogP contribution in [0.2, 0.25) is 0 Å². The minimum atomic E-state index is -0.488. The van der Waals surface area contributed by atoms with Gasteiger partial charge in [-0.05, 0) is 51.7 Å². The number of likely N-dealkylation sites (N-methyl/N-ethyl adjacent to an activating group) is 1. The molecular weight excluding hydrogens is 280 g/mol. The summed E-state index contributed by atoms with van der Waals surface area (Å²) in [5, 5.41) is 3.22. The molecule has 0 saturated carbocycles. The van der Waals surface area contributed by atoms with Gasteiger partial charge in [0.25, 0.3) is 5.91 Å². The lowest BCUT2D eigenvalue weighted by Crippen LogP contribution is -2.27. The number of nitrogens with two attached hydrogens (primary N) is 1. The van der Waals surface area contributed by atoms with Crippen molar-refractivity contribution in [2.75, 3.05) is 26.0 Å². The minimum Gasteiger partial charge on any atom is -0.468 e. The topological polar surface area (TPSA) is 84.4 Å². The number of hydrogen-bond donors (Lipinski definition) is 2. The minimum absolute atomic E-state index is 0.0270. The van der Waals surface area contributed by atoms with Crippen molar-refractivity contribution in [3.8, 4) is 0 Å². The molecular formula is C16H22N4O2. The van der Waals surface area contributed by atoms with E-state index in [1.807, 2.05) is 45.0 Å². The van der Waals surface area contributed by atoms with E-state index in [0.29, 0.717) is 17.9 Å². The van der Waals surface area contributed by atoms with Crippen molar-refractivity contribution in [3.63, 3.8) is 0 Å². The number of pyridine rings is 1. The van der Waals surface area contributed by atoms with Crippen LogP contribution in [0.1, 0.15) is 33.4 Å². The normalized spacial score (nSPS) is 12.4. The van der Waals surface area contributed by atoms with Gasteiger partial charge < -0.3 is 15.5 Å². The van der Waals surface area contributed by atoms with E-state index in [2.05, 4.69) is 10.3 Å². The molecule has 1 atom stereocenters. The van der Waals surface area contributed by atoms with Crippen molar-refractivity contribution in [3.05, 3.63) is 47.0 Å². The molecule has 3 N–H and O–H groups in total. The quantitative estimate of drug-likeness (QED) is 0.853. The van der Waals surface area contributed by atoms with Gasteiger partial charge in [-0.25, -0.2) is 4.98 Å². The van der Waals surface area contributed by atoms with Gasteiger partial charge in [0, 0.05) is 12.2 Å². The summed E-state index contributed by atoms with van der Waals surface area (Å²) in [5.41, 5.74) is 7.66. The highest BCUT2D eigenvalue weighted by Crippen LogP contribution is 2.21. The molecule has 0 aliphatic rings. The van der Waals surface area contributed by atoms with E-state index in [4.69, 9.17) is 10.2 Å². The second-order valence-electron chi connectivity index (χ2n) is 5.53. The molecule has 0 aromatic carbocycles. The number of rotatable bonds is 6. The fourth-order valence-electron chi connectivity index (χ4n) is 2.24. The molecule has 0 aliphatic heterocycles. The molecule has 0 radical (unpaired) electrons. The van der Waals surface area contributed by atoms with Gasteiger partial charge in [0.05, 0.1) is 17.9 Å². The highest BCUT2D eigenvalue weighted by Gasteiger charge is 2.19. The molecule has 2 aromatic rings. The Morgan fingerprint density at radius 3 is 2.73 bits per heavy atom. The number of anilines is 1. The summed E-state index contributed by atoms with van der Waals surface area (Å²) in [6, 6.07) is 5.58. The van der Waals surface area contributed by atoms with Gasteiger partial charge >= 0.3 is 0 Å². The highest BCUT2D eigenvalue weighted by molar-refractivity contribution is 5.97. The summed E-state index contributed by atoms with van der Waals surface area (Å²) in [6.45, 7) is 4.36. The average Bonchev–Trinajstić information content (AvgIpc) is 2.95. The van der Waals surface area contributed by atoms with E-state index < -0.39 is 5.91 Å². The van der Waals surface area contributed by atoms with Gasteiger partial charge in [-0.3, -0.25) is 9.69 Å². The fourth-order valence-corrected chi connectivity index (χ4v) is 2.24. The van der Waals surface area contributed by atoms with Crippen molar-refractivity contribution in [2.24, 2.45) is 5.73 Å². The third-order valence-electron chi connectivity index (χ3n) is 3.69. The summed E-state index contributed by atoms with van der Waals surface area (Å²) in [5.74, 6) is 0.869. The molecule has 2 rings (SSSR count). The van der Waals surface area contributed by atoms with E-state index in [0.717, 1.165) is 17.0 Å². The Bertz CT molecular complexity index is 650. The van der Waals surface area contributed by atoms with E-state index in [1.165, 1.54) is 0 Å². The maximum absolute atomic E-state index is 11.6. The third kappa shape index (κ3) is 3.46. The van der Waals surface area contributed by atoms with Crippen molar-refractivity contribution in [1.29, 1.82) is 0 Å². The molecule has 0 spiro atoms. The van der Waals surface area contributed by atoms with Crippen LogP contribution in [-0.2, 0) is 0 Å². The molecule has 0 saturated heterocycles. The Kier molecular flexibility index (Phi) is 4.82. The van der Waals surface area contributed by atoms with Gasteiger partial charge in [-0.1, -0.05) is 0 Å². The predicted molar refractivity (Wildman–Crippen MR) is 85.9 cm³/mol. The van der Waals surface area contributed by atoms with Crippen molar-refractivity contribution in [2.45, 2.75) is 19.9 Å². The molecule has 2 aromatic heterocycles. The lowest BCUT2D eigenvalue weighted by molar-refractivity contribution is 0.100. The summed E-state index contributed by atoms with van der Waals surface area (Å²) in [6.07, 6.45) is 1.65. The molecule has 0 bridgehead atoms. The van der Waals surface area contributed by atoms with E-state index in [1.54, 1.807) is 12.3 Å². The number of nitrogens with one attached hydrogen (secondary N) is 1. The van der Waals surface area contributed by atoms with Gasteiger partial charge in [-0.15, -0.1) is 0 Å². The van der Waals surface area contributed by atoms with Crippen LogP contribution < -0.4 is 11.1 Å². The first-order valence-electron chi connectivity index (χ1n) is 7.12. The predicted octanol–water partition coefficient (Wildman–Crippen LogP) is 2.11. The standard InChI is InChI=1S/C16H22N4O2/c1-10-8-12(15(17)21)16(19-11(10)2)18-9-13(20(3)4)14-6-5-7-22-14/h5-8,13H,9H2,1-4H3,(H2,17,21)(H,18,19). The summed E-state index contributed by atoms with van der Waals surface area (Å²) >= 11 is 0. The zero-order valence-electron chi connectivity index (χ0n) is 13.4. The second kappa shape index (κ2) is 6.62. The first kappa shape index (κ1) is 16.0. The van der Waals surface area contributed by atoms with Crippen LogP contribution >= 0.6 is 0 Å². The molecule has 1 amide bonds. The Morgan fingerprint density at radius 1 is 1.45 bits per heavy atom. The first-order valence-corrected chi connectivity index (χ1v) is 7.12. The number of carbonyl (C=O) groups excluding carboxylic acids is 1. The maximum Gasteiger partial charge on any atom is 0.252 e. The zero-order valence-corrected chi connectivity index (χ0v) is 13.4. The highest BCUT2D eigenvalue weighted by atomic mass is 16.3. The molecule has 1 unspecified atom stereocenters. The molecule has 6 nitrogen and oxygen atoms in total. The zero-order chi connectivity index (χ0) is 16.3. The maximum atomic E-state index is 11.6. The second-order valence-corrected chi connectivity index (χ2v) is 5.53. The average molecular weight is 302 g/mol. The molecule has 118 valence electrons. The van der Waals surface area contributed by atoms with Gasteiger partial charge in [-0.2, -0.15) is 0 Å². The van der Waals surface area contributed by atoms with Crippen LogP contribution in [0, 0.1) is 13.8 Å². The van der Waals surface area contributed by atoms with E-state index >= 15 is 0 Å². The smallest absolute Gasteiger partial charge is 0.252 e. The van der Waals surface area contributed by atoms with Crippen LogP contribution in [0.3, 0.4) is 0 Å². The number of carbonyl (C=O) groups is 1. The van der Waals surface area contributed by atoms with Crippen molar-refractivity contribution < 1.29 is 9.21 Å². The Balaban J connectivity index is 2.23. The van der Waals surface area contributed by atoms with Crippen LogP contribution in [0.4, 0.5) is 5.82 Å². The molecule has 0 aliphatic carbocycles. The van der Waals surface area contributed by atoms with E-state index in [-0.39, 0.29) is 6.04 Å². The number of nitrogens with zero attached hydrogens (tertiary/aromatic N) is 2. The van der Waals surface area contributed by atoms with Gasteiger partial charge in [0.1, 0.15) is 11.6 Å². The van der Waals surface area contributed by atoms with Gasteiger partial charge in [0.15, 0.2) is 0 Å². The molecule has 0 fully saturated rings. The third-order valence-corrected chi connectivity index (χ3v) is 3.69. The van der Waals surface area contributed by atoms with Crippen molar-refractivity contribution in [1.82, 2.24) is 9.88 Å². The number of aryl methyl sites for hydroxylation is 2. The van der Waals surface area contributed by atoms with Crippen LogP contribution in [0.25, 0.3) is 0 Å². The van der Waals surface area contributed by atoms with Crippen LogP contribution in [-0.4, -0.2) is 36.4 Å². The number of amides is 1. The van der Waals surface area contributed by atoms with Crippen molar-refractivity contribution >= 4 is 11.7 Å². The summed E-state index contributed by atoms with van der Waals surface area (Å²) in [4.78, 5) is 18.1. The van der Waals surface area contributed by atoms with Crippen LogP contribution in [0.15, 0.2) is 28.9 Å². The van der Waals surface area contributed by atoms with Gasteiger partial charge in [0.2, 0.25) is 0 Å². The van der Waals surface area contributed by atoms with Crippen LogP contribution in [0.5, 0.6) is 0 Å². The molecule has 2 heterocycles. The number of hydrogen-bond acceptors (Lipinski definition) is 5. The monoisotopic (exact) mass is 302 g/mol. The Labute approximate surface area is 130 Å². The lowest BCUT2D eigenvalue weighted by Gasteiger charge is -2.23. The Morgan fingerprint density at radius 2 is 2.18 bits per heavy atom. The number of furan rings is 1. The van der Waals surface area contributed by atoms with E-state index in [9.17, 15) is 4.79 Å². The first-order chi connectivity index (χ1) is 10.4.